The molecule has 0 fully saturated rings. The third-order valence-corrected chi connectivity index (χ3v) is 2.71. The van der Waals surface area contributed by atoms with Gasteiger partial charge < -0.3 is 10.4 Å². The lowest BCUT2D eigenvalue weighted by molar-refractivity contribution is 0.207. The first-order valence-electron chi connectivity index (χ1n) is 5.36. The van der Waals surface area contributed by atoms with Crippen molar-refractivity contribution in [2.75, 3.05) is 6.61 Å². The zero-order valence-electron chi connectivity index (χ0n) is 9.64. The molecule has 16 heavy (non-hydrogen) atoms. The molecule has 0 aliphatic carbocycles. The lowest BCUT2D eigenvalue weighted by atomic mass is 10.0. The Balaban J connectivity index is 2.51. The molecule has 0 radical (unpaired) electrons. The average Bonchev–Trinajstić information content (AvgIpc) is 2.35. The molecule has 0 aromatic carbocycles. The molecule has 0 aliphatic rings. The second kappa shape index (κ2) is 6.21. The highest BCUT2D eigenvalue weighted by Gasteiger charge is 2.09. The number of nitriles is 1. The van der Waals surface area contributed by atoms with Gasteiger partial charge in [0.25, 0.3) is 0 Å². The van der Waals surface area contributed by atoms with Gasteiger partial charge >= 0.3 is 0 Å². The van der Waals surface area contributed by atoms with Crippen LogP contribution in [0, 0.1) is 17.2 Å². The number of hydrogen-bond donors (Lipinski definition) is 2. The molecule has 86 valence electrons. The maximum Gasteiger partial charge on any atom is 0.140 e. The van der Waals surface area contributed by atoms with Crippen molar-refractivity contribution in [1.82, 2.24) is 10.3 Å². The van der Waals surface area contributed by atoms with Crippen LogP contribution in [0.15, 0.2) is 18.3 Å². The van der Waals surface area contributed by atoms with Crippen LogP contribution >= 0.6 is 0 Å². The van der Waals surface area contributed by atoms with Gasteiger partial charge in [0.05, 0.1) is 0 Å². The highest BCUT2D eigenvalue weighted by molar-refractivity contribution is 5.25. The Bertz CT molecular complexity index is 373. The van der Waals surface area contributed by atoms with Crippen LogP contribution < -0.4 is 5.32 Å². The largest absolute Gasteiger partial charge is 0.396 e. The number of hydrogen-bond acceptors (Lipinski definition) is 4. The maximum atomic E-state index is 8.99. The summed E-state index contributed by atoms with van der Waals surface area (Å²) in [5.74, 6) is 0.220. The Morgan fingerprint density at radius 3 is 2.94 bits per heavy atom. The summed E-state index contributed by atoms with van der Waals surface area (Å²) in [6.07, 6.45) is 1.63. The summed E-state index contributed by atoms with van der Waals surface area (Å²) < 4.78 is 0. The molecular weight excluding hydrogens is 202 g/mol. The highest BCUT2D eigenvalue weighted by Crippen LogP contribution is 2.04. The third-order valence-electron chi connectivity index (χ3n) is 2.71. The summed E-state index contributed by atoms with van der Waals surface area (Å²) >= 11 is 0. The average molecular weight is 219 g/mol. The fraction of sp³-hybridized carbons (Fsp3) is 0.500. The zero-order chi connectivity index (χ0) is 12.0. The van der Waals surface area contributed by atoms with Gasteiger partial charge in [0.15, 0.2) is 0 Å². The molecule has 4 heteroatoms. The Labute approximate surface area is 95.9 Å². The number of nitrogens with zero attached hydrogens (tertiary/aromatic N) is 2. The van der Waals surface area contributed by atoms with Crippen LogP contribution in [0.2, 0.25) is 0 Å². The van der Waals surface area contributed by atoms with Crippen LogP contribution in [0.5, 0.6) is 0 Å². The normalized spacial score (nSPS) is 14.1. The van der Waals surface area contributed by atoms with Gasteiger partial charge in [-0.3, -0.25) is 0 Å². The number of pyridine rings is 1. The van der Waals surface area contributed by atoms with Gasteiger partial charge in [-0.1, -0.05) is 6.92 Å². The van der Waals surface area contributed by atoms with E-state index in [1.165, 1.54) is 0 Å². The van der Waals surface area contributed by atoms with E-state index in [9.17, 15) is 0 Å². The van der Waals surface area contributed by atoms with Crippen molar-refractivity contribution in [3.8, 4) is 6.07 Å². The number of rotatable bonds is 5. The Kier molecular flexibility index (Phi) is 4.90. The SMILES string of the molecule is CC(CO)C(C)NCc1ccnc(C#N)c1. The van der Waals surface area contributed by atoms with Gasteiger partial charge in [-0.15, -0.1) is 0 Å². The van der Waals surface area contributed by atoms with Crippen molar-refractivity contribution < 1.29 is 5.11 Å². The lowest BCUT2D eigenvalue weighted by Crippen LogP contribution is -2.33. The summed E-state index contributed by atoms with van der Waals surface area (Å²) in [6.45, 7) is 4.88. The van der Waals surface area contributed by atoms with E-state index in [2.05, 4.69) is 10.3 Å². The van der Waals surface area contributed by atoms with Gasteiger partial charge in [-0.05, 0) is 30.5 Å². The number of aliphatic hydroxyl groups is 1. The first-order chi connectivity index (χ1) is 7.67. The molecule has 1 aromatic rings. The predicted molar refractivity (Wildman–Crippen MR) is 61.5 cm³/mol. The first kappa shape index (κ1) is 12.6. The molecule has 0 amide bonds. The maximum absolute atomic E-state index is 8.99. The van der Waals surface area contributed by atoms with Crippen molar-refractivity contribution in [2.45, 2.75) is 26.4 Å². The number of nitrogens with one attached hydrogen (secondary N) is 1. The van der Waals surface area contributed by atoms with Crippen molar-refractivity contribution in [2.24, 2.45) is 5.92 Å². The van der Waals surface area contributed by atoms with E-state index < -0.39 is 0 Å². The predicted octanol–water partition coefficient (Wildman–Crippen LogP) is 1.06. The minimum atomic E-state index is 0.175. The molecule has 0 aliphatic heterocycles. The fourth-order valence-corrected chi connectivity index (χ4v) is 1.28. The molecule has 2 atom stereocenters. The number of aromatic nitrogens is 1. The highest BCUT2D eigenvalue weighted by atomic mass is 16.3. The molecule has 1 rings (SSSR count). The third kappa shape index (κ3) is 3.61. The lowest BCUT2D eigenvalue weighted by Gasteiger charge is -2.19. The van der Waals surface area contributed by atoms with E-state index >= 15 is 0 Å². The van der Waals surface area contributed by atoms with Crippen molar-refractivity contribution in [3.63, 3.8) is 0 Å². The molecule has 1 aromatic heterocycles. The van der Waals surface area contributed by atoms with Crippen LogP contribution in [0.4, 0.5) is 0 Å². The van der Waals surface area contributed by atoms with Crippen molar-refractivity contribution >= 4 is 0 Å². The van der Waals surface area contributed by atoms with Crippen LogP contribution in [-0.2, 0) is 6.54 Å². The van der Waals surface area contributed by atoms with Gasteiger partial charge in [-0.2, -0.15) is 5.26 Å². The first-order valence-corrected chi connectivity index (χ1v) is 5.36. The van der Waals surface area contributed by atoms with E-state index in [4.69, 9.17) is 10.4 Å². The molecule has 1 heterocycles. The molecule has 0 saturated heterocycles. The standard InChI is InChI=1S/C12H17N3O/c1-9(8-16)10(2)15-7-11-3-4-14-12(5-11)6-13/h3-5,9-10,15-16H,7-8H2,1-2H3. The van der Waals surface area contributed by atoms with Crippen LogP contribution in [0.25, 0.3) is 0 Å². The van der Waals surface area contributed by atoms with Crippen LogP contribution in [0.1, 0.15) is 25.1 Å². The van der Waals surface area contributed by atoms with Crippen molar-refractivity contribution in [3.05, 3.63) is 29.6 Å². The van der Waals surface area contributed by atoms with Gasteiger partial charge in [0.2, 0.25) is 0 Å². The summed E-state index contributed by atoms with van der Waals surface area (Å²) in [6, 6.07) is 5.90. The quantitative estimate of drug-likeness (QED) is 0.777. The topological polar surface area (TPSA) is 68.9 Å². The van der Waals surface area contributed by atoms with E-state index in [0.29, 0.717) is 12.2 Å². The van der Waals surface area contributed by atoms with Crippen LogP contribution in [0.3, 0.4) is 0 Å². The Morgan fingerprint density at radius 1 is 1.56 bits per heavy atom. The summed E-state index contributed by atoms with van der Waals surface area (Å²) in [7, 11) is 0. The molecule has 0 spiro atoms. The summed E-state index contributed by atoms with van der Waals surface area (Å²) in [5, 5.41) is 21.0. The Hall–Kier alpha value is -1.44. The van der Waals surface area contributed by atoms with Gasteiger partial charge in [0.1, 0.15) is 11.8 Å². The smallest absolute Gasteiger partial charge is 0.140 e. The number of aliphatic hydroxyl groups excluding tert-OH is 1. The van der Waals surface area contributed by atoms with Crippen LogP contribution in [-0.4, -0.2) is 22.7 Å². The molecule has 4 nitrogen and oxygen atoms in total. The second-order valence-electron chi connectivity index (χ2n) is 3.99. The molecular formula is C12H17N3O. The zero-order valence-corrected chi connectivity index (χ0v) is 9.64. The van der Waals surface area contributed by atoms with E-state index in [0.717, 1.165) is 5.56 Å². The van der Waals surface area contributed by atoms with Crippen molar-refractivity contribution in [1.29, 1.82) is 5.26 Å². The second-order valence-corrected chi connectivity index (χ2v) is 3.99. The molecule has 0 saturated carbocycles. The fourth-order valence-electron chi connectivity index (χ4n) is 1.28. The minimum Gasteiger partial charge on any atom is -0.396 e. The summed E-state index contributed by atoms with van der Waals surface area (Å²) in [4.78, 5) is 3.91. The van der Waals surface area contributed by atoms with Gasteiger partial charge in [0, 0.05) is 25.4 Å². The van der Waals surface area contributed by atoms with E-state index in [-0.39, 0.29) is 18.6 Å². The van der Waals surface area contributed by atoms with E-state index in [1.807, 2.05) is 26.0 Å². The Morgan fingerprint density at radius 2 is 2.31 bits per heavy atom. The molecule has 2 N–H and O–H groups in total. The van der Waals surface area contributed by atoms with E-state index in [1.54, 1.807) is 12.3 Å². The monoisotopic (exact) mass is 219 g/mol. The summed E-state index contributed by atoms with van der Waals surface area (Å²) in [5.41, 5.74) is 1.46. The molecule has 2 unspecified atom stereocenters. The molecule has 0 bridgehead atoms. The van der Waals surface area contributed by atoms with Gasteiger partial charge in [-0.25, -0.2) is 4.98 Å². The minimum absolute atomic E-state index is 0.175.